The van der Waals surface area contributed by atoms with E-state index in [0.29, 0.717) is 10.6 Å². The first-order valence-corrected chi connectivity index (χ1v) is 10.8. The standard InChI is InChI=1S/C17H12ClF2N3O4S2/c18-11-7-5-10(6-8-11)15-22-23-17(27-15)28-9-14(24)21-12-3-1-2-4-13(12)29(25,26)16(19)20/h1-8,16H,9H2,(H,21,24). The number of benzene rings is 2. The zero-order chi connectivity index (χ0) is 21.0. The van der Waals surface area contributed by atoms with Gasteiger partial charge in [-0.2, -0.15) is 8.78 Å². The second-order valence-corrected chi connectivity index (χ2v) is 8.77. The molecule has 0 fully saturated rings. The van der Waals surface area contributed by atoms with Crippen molar-refractivity contribution in [2.75, 3.05) is 11.1 Å². The fourth-order valence-corrected chi connectivity index (χ4v) is 3.78. The van der Waals surface area contributed by atoms with E-state index in [-0.39, 0.29) is 22.6 Å². The predicted molar refractivity (Wildman–Crippen MR) is 104 cm³/mol. The molecule has 0 spiro atoms. The molecule has 0 aliphatic carbocycles. The van der Waals surface area contributed by atoms with E-state index in [1.165, 1.54) is 18.2 Å². The third-order valence-corrected chi connectivity index (χ3v) is 6.04. The minimum atomic E-state index is -4.86. The minimum absolute atomic E-state index is 0.110. The van der Waals surface area contributed by atoms with Gasteiger partial charge in [-0.05, 0) is 36.4 Å². The maximum atomic E-state index is 12.8. The molecule has 1 aromatic heterocycles. The Hall–Kier alpha value is -2.50. The average Bonchev–Trinajstić information content (AvgIpc) is 3.16. The molecule has 7 nitrogen and oxygen atoms in total. The lowest BCUT2D eigenvalue weighted by Gasteiger charge is -2.10. The molecule has 0 aliphatic heterocycles. The van der Waals surface area contributed by atoms with E-state index in [2.05, 4.69) is 15.5 Å². The topological polar surface area (TPSA) is 102 Å². The summed E-state index contributed by atoms with van der Waals surface area (Å²) in [6.07, 6.45) is 0. The summed E-state index contributed by atoms with van der Waals surface area (Å²) in [5.74, 6) is -4.19. The number of sulfone groups is 1. The van der Waals surface area contributed by atoms with Gasteiger partial charge in [0.1, 0.15) is 0 Å². The van der Waals surface area contributed by atoms with Crippen LogP contribution in [-0.4, -0.2) is 36.0 Å². The van der Waals surface area contributed by atoms with Gasteiger partial charge in [-0.25, -0.2) is 8.42 Å². The van der Waals surface area contributed by atoms with Crippen LogP contribution >= 0.6 is 23.4 Å². The molecule has 0 radical (unpaired) electrons. The molecular weight excluding hydrogens is 448 g/mol. The number of nitrogens with zero attached hydrogens (tertiary/aromatic N) is 2. The van der Waals surface area contributed by atoms with Gasteiger partial charge in [0.25, 0.3) is 5.22 Å². The zero-order valence-electron chi connectivity index (χ0n) is 14.4. The van der Waals surface area contributed by atoms with E-state index in [4.69, 9.17) is 16.0 Å². The first-order chi connectivity index (χ1) is 13.8. The SMILES string of the molecule is O=C(CSc1nnc(-c2ccc(Cl)cc2)o1)Nc1ccccc1S(=O)(=O)C(F)F. The van der Waals surface area contributed by atoms with Crippen molar-refractivity contribution in [2.45, 2.75) is 15.9 Å². The van der Waals surface area contributed by atoms with Gasteiger partial charge in [-0.15, -0.1) is 10.2 Å². The molecule has 0 saturated heterocycles. The molecule has 0 bridgehead atoms. The molecule has 12 heteroatoms. The lowest BCUT2D eigenvalue weighted by Crippen LogP contribution is -2.19. The maximum Gasteiger partial charge on any atom is 0.341 e. The average molecular weight is 460 g/mol. The summed E-state index contributed by atoms with van der Waals surface area (Å²) in [5.41, 5.74) is 0.412. The monoisotopic (exact) mass is 459 g/mol. The van der Waals surface area contributed by atoms with Crippen LogP contribution in [0.25, 0.3) is 11.5 Å². The van der Waals surface area contributed by atoms with Crippen LogP contribution < -0.4 is 5.32 Å². The van der Waals surface area contributed by atoms with E-state index in [9.17, 15) is 22.0 Å². The Kier molecular flexibility index (Phi) is 6.50. The number of carbonyl (C=O) groups excluding carboxylic acids is 1. The Balaban J connectivity index is 1.65. The highest BCUT2D eigenvalue weighted by atomic mass is 35.5. The van der Waals surface area contributed by atoms with Gasteiger partial charge in [-0.3, -0.25) is 4.79 Å². The highest BCUT2D eigenvalue weighted by Gasteiger charge is 2.29. The molecule has 29 heavy (non-hydrogen) atoms. The Morgan fingerprint density at radius 2 is 1.83 bits per heavy atom. The van der Waals surface area contributed by atoms with Crippen molar-refractivity contribution in [3.8, 4) is 11.5 Å². The lowest BCUT2D eigenvalue weighted by atomic mass is 10.2. The van der Waals surface area contributed by atoms with Crippen LogP contribution in [0.5, 0.6) is 0 Å². The molecule has 1 amide bonds. The molecule has 0 unspecified atom stereocenters. The summed E-state index contributed by atoms with van der Waals surface area (Å²) in [6, 6.07) is 11.6. The number of thioether (sulfide) groups is 1. The second kappa shape index (κ2) is 8.89. The Labute approximate surface area is 173 Å². The van der Waals surface area contributed by atoms with Crippen molar-refractivity contribution in [2.24, 2.45) is 0 Å². The number of rotatable bonds is 7. The molecule has 1 heterocycles. The summed E-state index contributed by atoms with van der Waals surface area (Å²) in [7, 11) is -4.86. The van der Waals surface area contributed by atoms with Crippen molar-refractivity contribution < 1.29 is 26.4 Å². The number of anilines is 1. The summed E-state index contributed by atoms with van der Waals surface area (Å²) >= 11 is 6.73. The van der Waals surface area contributed by atoms with Crippen molar-refractivity contribution >= 4 is 44.8 Å². The quantitative estimate of drug-likeness (QED) is 0.530. The highest BCUT2D eigenvalue weighted by molar-refractivity contribution is 7.99. The molecule has 0 aliphatic rings. The molecule has 3 aromatic rings. The number of hydrogen-bond acceptors (Lipinski definition) is 7. The number of alkyl halides is 2. The second-order valence-electron chi connectivity index (χ2n) is 5.52. The smallest absolute Gasteiger partial charge is 0.341 e. The van der Waals surface area contributed by atoms with Crippen LogP contribution in [0.1, 0.15) is 0 Å². The van der Waals surface area contributed by atoms with Gasteiger partial charge < -0.3 is 9.73 Å². The number of para-hydroxylation sites is 1. The van der Waals surface area contributed by atoms with Crippen molar-refractivity contribution in [1.82, 2.24) is 10.2 Å². The van der Waals surface area contributed by atoms with Crippen molar-refractivity contribution in [1.29, 1.82) is 0 Å². The maximum absolute atomic E-state index is 12.8. The Morgan fingerprint density at radius 1 is 1.14 bits per heavy atom. The van der Waals surface area contributed by atoms with Crippen LogP contribution in [0.2, 0.25) is 5.02 Å². The van der Waals surface area contributed by atoms with Gasteiger partial charge in [-0.1, -0.05) is 35.5 Å². The molecule has 152 valence electrons. The predicted octanol–water partition coefficient (Wildman–Crippen LogP) is 4.12. The van der Waals surface area contributed by atoms with E-state index >= 15 is 0 Å². The van der Waals surface area contributed by atoms with Crippen LogP contribution in [0.15, 0.2) is 63.1 Å². The van der Waals surface area contributed by atoms with Gasteiger partial charge in [0, 0.05) is 10.6 Å². The number of nitrogens with one attached hydrogen (secondary N) is 1. The zero-order valence-corrected chi connectivity index (χ0v) is 16.8. The van der Waals surface area contributed by atoms with E-state index in [0.717, 1.165) is 17.8 Å². The Morgan fingerprint density at radius 3 is 2.52 bits per heavy atom. The summed E-state index contributed by atoms with van der Waals surface area (Å²) < 4.78 is 54.5. The molecule has 0 atom stereocenters. The number of amides is 1. The minimum Gasteiger partial charge on any atom is -0.411 e. The summed E-state index contributed by atoms with van der Waals surface area (Å²) in [5, 5.41) is 10.7. The number of aromatic nitrogens is 2. The molecule has 3 rings (SSSR count). The largest absolute Gasteiger partial charge is 0.411 e. The van der Waals surface area contributed by atoms with E-state index in [1.807, 2.05) is 0 Å². The summed E-state index contributed by atoms with van der Waals surface area (Å²) in [4.78, 5) is 11.5. The van der Waals surface area contributed by atoms with E-state index in [1.54, 1.807) is 24.3 Å². The normalized spacial score (nSPS) is 11.6. The van der Waals surface area contributed by atoms with Crippen LogP contribution in [0.3, 0.4) is 0 Å². The number of halogens is 3. The van der Waals surface area contributed by atoms with Gasteiger partial charge in [0.2, 0.25) is 21.6 Å². The van der Waals surface area contributed by atoms with Crippen LogP contribution in [-0.2, 0) is 14.6 Å². The number of hydrogen-bond donors (Lipinski definition) is 1. The molecule has 0 saturated carbocycles. The van der Waals surface area contributed by atoms with Gasteiger partial charge in [0.05, 0.1) is 16.3 Å². The van der Waals surface area contributed by atoms with E-state index < -0.39 is 26.4 Å². The van der Waals surface area contributed by atoms with Gasteiger partial charge >= 0.3 is 5.76 Å². The van der Waals surface area contributed by atoms with Crippen LogP contribution in [0, 0.1) is 0 Å². The number of carbonyl (C=O) groups is 1. The Bertz CT molecular complexity index is 1120. The summed E-state index contributed by atoms with van der Waals surface area (Å²) in [6.45, 7) is 0. The first-order valence-electron chi connectivity index (χ1n) is 7.90. The van der Waals surface area contributed by atoms with Gasteiger partial charge in [0.15, 0.2) is 0 Å². The molecule has 2 aromatic carbocycles. The fraction of sp³-hybridized carbons (Fsp3) is 0.118. The van der Waals surface area contributed by atoms with Crippen LogP contribution in [0.4, 0.5) is 14.5 Å². The highest BCUT2D eigenvalue weighted by Crippen LogP contribution is 2.27. The first kappa shape index (κ1) is 21.2. The fourth-order valence-electron chi connectivity index (χ4n) is 2.20. The third-order valence-electron chi connectivity index (χ3n) is 3.53. The molecular formula is C17H12ClF2N3O4S2. The third kappa shape index (κ3) is 5.11. The van der Waals surface area contributed by atoms with Crippen molar-refractivity contribution in [3.63, 3.8) is 0 Å². The molecule has 1 N–H and O–H groups in total. The lowest BCUT2D eigenvalue weighted by molar-refractivity contribution is -0.113. The van der Waals surface area contributed by atoms with Crippen molar-refractivity contribution in [3.05, 3.63) is 53.6 Å².